The molecule has 0 atom stereocenters. The van der Waals surface area contributed by atoms with E-state index < -0.39 is 15.9 Å². The summed E-state index contributed by atoms with van der Waals surface area (Å²) in [6.45, 7) is 3.05. The topological polar surface area (TPSA) is 130 Å². The van der Waals surface area contributed by atoms with Gasteiger partial charge in [-0.2, -0.15) is 5.10 Å². The van der Waals surface area contributed by atoms with E-state index in [4.69, 9.17) is 5.14 Å². The Labute approximate surface area is 133 Å². The van der Waals surface area contributed by atoms with Crippen molar-refractivity contribution < 1.29 is 13.2 Å². The molecule has 8 nitrogen and oxygen atoms in total. The van der Waals surface area contributed by atoms with Crippen LogP contribution in [-0.4, -0.2) is 31.1 Å². The average molecular weight is 335 g/mol. The Bertz CT molecular complexity index is 873. The monoisotopic (exact) mass is 335 g/mol. The van der Waals surface area contributed by atoms with Crippen molar-refractivity contribution in [2.75, 3.05) is 11.9 Å². The van der Waals surface area contributed by atoms with Crippen LogP contribution in [0.25, 0.3) is 0 Å². The van der Waals surface area contributed by atoms with Crippen molar-refractivity contribution in [1.29, 1.82) is 0 Å². The van der Waals surface area contributed by atoms with Crippen LogP contribution in [0.3, 0.4) is 0 Å². The Morgan fingerprint density at radius 2 is 2.17 bits per heavy atom. The van der Waals surface area contributed by atoms with Gasteiger partial charge in [0.1, 0.15) is 0 Å². The summed E-state index contributed by atoms with van der Waals surface area (Å²) in [7, 11) is -3.84. The first-order chi connectivity index (χ1) is 10.9. The zero-order valence-corrected chi connectivity index (χ0v) is 13.3. The van der Waals surface area contributed by atoms with Crippen molar-refractivity contribution in [3.63, 3.8) is 0 Å². The molecule has 1 aromatic carbocycles. The van der Waals surface area contributed by atoms with Gasteiger partial charge in [-0.05, 0) is 24.6 Å². The number of amides is 1. The van der Waals surface area contributed by atoms with Crippen LogP contribution in [-0.2, 0) is 23.0 Å². The maximum Gasteiger partial charge on any atom is 0.276 e. The fourth-order valence-corrected chi connectivity index (χ4v) is 3.40. The molecule has 23 heavy (non-hydrogen) atoms. The molecule has 0 saturated carbocycles. The van der Waals surface area contributed by atoms with Crippen LogP contribution < -0.4 is 15.8 Å². The molecule has 0 unspecified atom stereocenters. The Balaban J connectivity index is 1.88. The van der Waals surface area contributed by atoms with E-state index in [1.807, 2.05) is 0 Å². The second-order valence-electron chi connectivity index (χ2n) is 5.44. The number of rotatable bonds is 3. The van der Waals surface area contributed by atoms with Crippen LogP contribution in [0.1, 0.15) is 27.3 Å². The number of aromatic amines is 1. The minimum atomic E-state index is -3.84. The lowest BCUT2D eigenvalue weighted by Crippen LogP contribution is -2.25. The number of nitrogens with one attached hydrogen (secondary N) is 3. The molecule has 0 bridgehead atoms. The highest BCUT2D eigenvalue weighted by molar-refractivity contribution is 7.89. The van der Waals surface area contributed by atoms with Gasteiger partial charge in [0.15, 0.2) is 5.69 Å². The van der Waals surface area contributed by atoms with Gasteiger partial charge in [-0.15, -0.1) is 0 Å². The van der Waals surface area contributed by atoms with Crippen LogP contribution in [0.2, 0.25) is 0 Å². The summed E-state index contributed by atoms with van der Waals surface area (Å²) in [4.78, 5) is 12.4. The number of hydrogen-bond donors (Lipinski definition) is 4. The molecular formula is C14H17N5O3S. The van der Waals surface area contributed by atoms with Crippen molar-refractivity contribution in [1.82, 2.24) is 15.5 Å². The number of fused-ring (bicyclic) bond motifs is 1. The van der Waals surface area contributed by atoms with Crippen LogP contribution in [0.5, 0.6) is 0 Å². The summed E-state index contributed by atoms with van der Waals surface area (Å²) in [6.07, 6.45) is 0.787. The number of aromatic nitrogens is 2. The molecule has 0 fully saturated rings. The van der Waals surface area contributed by atoms with E-state index in [1.165, 1.54) is 6.07 Å². The van der Waals surface area contributed by atoms with Crippen LogP contribution in [0.15, 0.2) is 23.1 Å². The van der Waals surface area contributed by atoms with E-state index in [-0.39, 0.29) is 4.90 Å². The molecule has 0 saturated heterocycles. The Kier molecular flexibility index (Phi) is 3.92. The fourth-order valence-electron chi connectivity index (χ4n) is 2.59. The lowest BCUT2D eigenvalue weighted by Gasteiger charge is -2.13. The van der Waals surface area contributed by atoms with E-state index in [2.05, 4.69) is 20.8 Å². The summed E-state index contributed by atoms with van der Waals surface area (Å²) >= 11 is 0. The van der Waals surface area contributed by atoms with Gasteiger partial charge in [0, 0.05) is 36.5 Å². The van der Waals surface area contributed by atoms with E-state index in [9.17, 15) is 13.2 Å². The third-order valence-corrected chi connectivity index (χ3v) is 4.83. The first-order valence-corrected chi connectivity index (χ1v) is 8.62. The van der Waals surface area contributed by atoms with E-state index >= 15 is 0 Å². The van der Waals surface area contributed by atoms with E-state index in [0.717, 1.165) is 24.2 Å². The number of carbonyl (C=O) groups excluding carboxylic acids is 1. The quantitative estimate of drug-likeness (QED) is 0.639. The van der Waals surface area contributed by atoms with Gasteiger partial charge in [0.05, 0.1) is 4.90 Å². The van der Waals surface area contributed by atoms with Crippen LogP contribution >= 0.6 is 0 Å². The predicted molar refractivity (Wildman–Crippen MR) is 84.5 cm³/mol. The molecule has 5 N–H and O–H groups in total. The molecule has 0 aliphatic carbocycles. The normalized spacial score (nSPS) is 14.3. The smallest absolute Gasteiger partial charge is 0.276 e. The zero-order chi connectivity index (χ0) is 16.6. The van der Waals surface area contributed by atoms with Gasteiger partial charge in [-0.25, -0.2) is 13.6 Å². The molecule has 0 radical (unpaired) electrons. The number of benzene rings is 1. The minimum Gasteiger partial charge on any atom is -0.321 e. The number of H-pyrrole nitrogens is 1. The van der Waals surface area contributed by atoms with E-state index in [1.54, 1.807) is 19.1 Å². The van der Waals surface area contributed by atoms with Crippen molar-refractivity contribution in [3.8, 4) is 0 Å². The highest BCUT2D eigenvalue weighted by Gasteiger charge is 2.22. The minimum absolute atomic E-state index is 0.0129. The average Bonchev–Trinajstić information content (AvgIpc) is 2.92. The van der Waals surface area contributed by atoms with Crippen molar-refractivity contribution in [3.05, 3.63) is 40.7 Å². The summed E-state index contributed by atoms with van der Waals surface area (Å²) in [5, 5.41) is 18.0. The summed E-state index contributed by atoms with van der Waals surface area (Å²) in [5.74, 6) is -0.393. The molecule has 0 spiro atoms. The highest BCUT2D eigenvalue weighted by atomic mass is 32.2. The second kappa shape index (κ2) is 5.76. The third-order valence-electron chi connectivity index (χ3n) is 3.77. The largest absolute Gasteiger partial charge is 0.321 e. The van der Waals surface area contributed by atoms with Gasteiger partial charge < -0.3 is 10.6 Å². The number of aryl methyl sites for hydroxylation is 1. The number of hydrogen-bond acceptors (Lipinski definition) is 5. The molecule has 122 valence electrons. The second-order valence-corrected chi connectivity index (χ2v) is 6.97. The summed E-state index contributed by atoms with van der Waals surface area (Å²) in [5.41, 5.74) is 2.97. The first kappa shape index (κ1) is 15.7. The molecule has 1 aromatic heterocycles. The van der Waals surface area contributed by atoms with Crippen molar-refractivity contribution >= 4 is 21.6 Å². The number of carbonyl (C=O) groups is 1. The zero-order valence-electron chi connectivity index (χ0n) is 12.5. The lowest BCUT2D eigenvalue weighted by atomic mass is 10.1. The van der Waals surface area contributed by atoms with Gasteiger partial charge in [0.25, 0.3) is 5.91 Å². The Morgan fingerprint density at radius 1 is 1.39 bits per heavy atom. The molecule has 1 aliphatic rings. The molecule has 9 heteroatoms. The standard InChI is InChI=1S/C14H17N5O3S/c1-8-2-3-9(6-12(8)23(15,21)22)17-14(20)13-10-7-16-5-4-11(10)18-19-13/h2-3,6,16H,4-5,7H2,1H3,(H,17,20)(H,18,19)(H2,15,21,22). The number of nitrogens with two attached hydrogens (primary N) is 1. The SMILES string of the molecule is Cc1ccc(NC(=O)c2n[nH]c3c2CNCC3)cc1S(N)(=O)=O. The third kappa shape index (κ3) is 3.11. The number of nitrogens with zero attached hydrogens (tertiary/aromatic N) is 1. The van der Waals surface area contributed by atoms with Gasteiger partial charge in [-0.3, -0.25) is 9.89 Å². The Hall–Kier alpha value is -2.23. The maximum atomic E-state index is 12.4. The molecule has 1 aliphatic heterocycles. The van der Waals surface area contributed by atoms with Crippen molar-refractivity contribution in [2.45, 2.75) is 24.8 Å². The maximum absolute atomic E-state index is 12.4. The number of primary sulfonamides is 1. The molecule has 1 amide bonds. The number of sulfonamides is 1. The van der Waals surface area contributed by atoms with E-state index in [0.29, 0.717) is 23.5 Å². The van der Waals surface area contributed by atoms with Gasteiger partial charge >= 0.3 is 0 Å². The van der Waals surface area contributed by atoms with Crippen molar-refractivity contribution in [2.24, 2.45) is 5.14 Å². The summed E-state index contributed by atoms with van der Waals surface area (Å²) < 4.78 is 23.1. The van der Waals surface area contributed by atoms with Crippen LogP contribution in [0, 0.1) is 6.92 Å². The first-order valence-electron chi connectivity index (χ1n) is 7.08. The lowest BCUT2D eigenvalue weighted by molar-refractivity contribution is 0.102. The number of anilines is 1. The van der Waals surface area contributed by atoms with Gasteiger partial charge in [0.2, 0.25) is 10.0 Å². The van der Waals surface area contributed by atoms with Crippen LogP contribution in [0.4, 0.5) is 5.69 Å². The molecule has 2 aromatic rings. The molecule has 3 rings (SSSR count). The predicted octanol–water partition coefficient (Wildman–Crippen LogP) is 0.264. The van der Waals surface area contributed by atoms with Gasteiger partial charge in [-0.1, -0.05) is 6.07 Å². The molecular weight excluding hydrogens is 318 g/mol. The fraction of sp³-hybridized carbons (Fsp3) is 0.286. The highest BCUT2D eigenvalue weighted by Crippen LogP contribution is 2.21. The Morgan fingerprint density at radius 3 is 2.91 bits per heavy atom. The summed E-state index contributed by atoms with van der Waals surface area (Å²) in [6, 6.07) is 4.57. The molecule has 2 heterocycles.